The van der Waals surface area contributed by atoms with Crippen molar-refractivity contribution in [1.82, 2.24) is 0 Å². The lowest BCUT2D eigenvalue weighted by Gasteiger charge is -2.17. The van der Waals surface area contributed by atoms with E-state index in [0.717, 1.165) is 17.7 Å². The molecule has 0 radical (unpaired) electrons. The SMILES string of the molecule is CC(Nc1ccc(F)c(F)c1F)c1ccc(Cl)c(Cl)c1. The predicted molar refractivity (Wildman–Crippen MR) is 74.8 cm³/mol. The van der Waals surface area contributed by atoms with E-state index in [0.29, 0.717) is 10.0 Å². The van der Waals surface area contributed by atoms with Crippen LogP contribution in [0.15, 0.2) is 30.3 Å². The summed E-state index contributed by atoms with van der Waals surface area (Å²) in [6.07, 6.45) is 0. The van der Waals surface area contributed by atoms with Gasteiger partial charge in [0.05, 0.1) is 15.7 Å². The first-order valence-corrected chi connectivity index (χ1v) is 6.50. The molecule has 1 nitrogen and oxygen atoms in total. The molecule has 0 aromatic heterocycles. The number of benzene rings is 2. The molecule has 1 atom stereocenters. The first kappa shape index (κ1) is 15.0. The fourth-order valence-electron chi connectivity index (χ4n) is 1.74. The first-order chi connectivity index (χ1) is 9.40. The van der Waals surface area contributed by atoms with E-state index in [-0.39, 0.29) is 11.7 Å². The third kappa shape index (κ3) is 3.02. The van der Waals surface area contributed by atoms with Crippen LogP contribution in [0.3, 0.4) is 0 Å². The van der Waals surface area contributed by atoms with Crippen LogP contribution in [0.1, 0.15) is 18.5 Å². The highest BCUT2D eigenvalue weighted by molar-refractivity contribution is 6.42. The summed E-state index contributed by atoms with van der Waals surface area (Å²) in [5.74, 6) is -3.98. The molecular weight excluding hydrogens is 310 g/mol. The third-order valence-corrected chi connectivity index (χ3v) is 3.59. The van der Waals surface area contributed by atoms with Gasteiger partial charge in [0, 0.05) is 6.04 Å². The summed E-state index contributed by atoms with van der Waals surface area (Å²) < 4.78 is 39.5. The molecule has 0 spiro atoms. The molecule has 0 amide bonds. The second-order valence-corrected chi connectivity index (χ2v) is 5.08. The predicted octanol–water partition coefficient (Wildman–Crippen LogP) is 5.58. The highest BCUT2D eigenvalue weighted by Crippen LogP contribution is 2.28. The first-order valence-electron chi connectivity index (χ1n) is 5.75. The normalized spacial score (nSPS) is 12.3. The maximum Gasteiger partial charge on any atom is 0.196 e. The highest BCUT2D eigenvalue weighted by Gasteiger charge is 2.15. The number of hydrogen-bond donors (Lipinski definition) is 1. The van der Waals surface area contributed by atoms with Crippen molar-refractivity contribution < 1.29 is 13.2 Å². The Morgan fingerprint density at radius 2 is 1.65 bits per heavy atom. The van der Waals surface area contributed by atoms with Gasteiger partial charge in [-0.05, 0) is 36.8 Å². The van der Waals surface area contributed by atoms with E-state index < -0.39 is 17.5 Å². The molecule has 0 bridgehead atoms. The second-order valence-electron chi connectivity index (χ2n) is 4.26. The zero-order chi connectivity index (χ0) is 14.9. The number of nitrogens with one attached hydrogen (secondary N) is 1. The Kier molecular flexibility index (Phi) is 4.45. The van der Waals surface area contributed by atoms with Gasteiger partial charge in [-0.1, -0.05) is 29.3 Å². The molecule has 20 heavy (non-hydrogen) atoms. The van der Waals surface area contributed by atoms with Crippen molar-refractivity contribution in [1.29, 1.82) is 0 Å². The Hall–Kier alpha value is -1.39. The highest BCUT2D eigenvalue weighted by atomic mass is 35.5. The molecule has 1 unspecified atom stereocenters. The largest absolute Gasteiger partial charge is 0.376 e. The van der Waals surface area contributed by atoms with Crippen LogP contribution >= 0.6 is 23.2 Å². The summed E-state index contributed by atoms with van der Waals surface area (Å²) in [6.45, 7) is 1.74. The quantitative estimate of drug-likeness (QED) is 0.728. The van der Waals surface area contributed by atoms with E-state index in [1.165, 1.54) is 0 Å². The van der Waals surface area contributed by atoms with Gasteiger partial charge in [0.15, 0.2) is 17.5 Å². The van der Waals surface area contributed by atoms with Gasteiger partial charge in [0.25, 0.3) is 0 Å². The standard InChI is InChI=1S/C14H10Cl2F3N/c1-7(8-2-3-9(15)10(16)6-8)20-12-5-4-11(17)13(18)14(12)19/h2-7,20H,1H3. The zero-order valence-corrected chi connectivity index (χ0v) is 11.9. The summed E-state index contributed by atoms with van der Waals surface area (Å²) in [4.78, 5) is 0. The van der Waals surface area contributed by atoms with Crippen molar-refractivity contribution in [3.8, 4) is 0 Å². The summed E-state index contributed by atoms with van der Waals surface area (Å²) >= 11 is 11.7. The van der Waals surface area contributed by atoms with Crippen LogP contribution < -0.4 is 5.32 Å². The molecule has 2 rings (SSSR count). The summed E-state index contributed by atoms with van der Waals surface area (Å²) in [6, 6.07) is 6.59. The Balaban J connectivity index is 2.25. The van der Waals surface area contributed by atoms with Crippen LogP contribution in [0.2, 0.25) is 10.0 Å². The van der Waals surface area contributed by atoms with Crippen molar-refractivity contribution >= 4 is 28.9 Å². The summed E-state index contributed by atoms with van der Waals surface area (Å²) in [5.41, 5.74) is 0.617. The van der Waals surface area contributed by atoms with Gasteiger partial charge in [-0.3, -0.25) is 0 Å². The van der Waals surface area contributed by atoms with Crippen molar-refractivity contribution in [3.63, 3.8) is 0 Å². The minimum absolute atomic E-state index is 0.123. The summed E-state index contributed by atoms with van der Waals surface area (Å²) in [7, 11) is 0. The Morgan fingerprint density at radius 1 is 0.950 bits per heavy atom. The number of halogens is 5. The lowest BCUT2D eigenvalue weighted by Crippen LogP contribution is -2.09. The van der Waals surface area contributed by atoms with Crippen LogP contribution in [0.4, 0.5) is 18.9 Å². The molecular formula is C14H10Cl2F3N. The molecule has 106 valence electrons. The van der Waals surface area contributed by atoms with Crippen molar-refractivity contribution in [2.45, 2.75) is 13.0 Å². The molecule has 0 aliphatic heterocycles. The monoisotopic (exact) mass is 319 g/mol. The van der Waals surface area contributed by atoms with Gasteiger partial charge in [-0.25, -0.2) is 13.2 Å². The van der Waals surface area contributed by atoms with Crippen LogP contribution in [-0.2, 0) is 0 Å². The minimum Gasteiger partial charge on any atom is -0.376 e. The second kappa shape index (κ2) is 5.94. The third-order valence-electron chi connectivity index (χ3n) is 2.85. The van der Waals surface area contributed by atoms with E-state index >= 15 is 0 Å². The van der Waals surface area contributed by atoms with E-state index in [2.05, 4.69) is 5.32 Å². The maximum atomic E-state index is 13.6. The molecule has 1 N–H and O–H groups in total. The van der Waals surface area contributed by atoms with Crippen molar-refractivity contribution in [2.24, 2.45) is 0 Å². The fraction of sp³-hybridized carbons (Fsp3) is 0.143. The smallest absolute Gasteiger partial charge is 0.196 e. The van der Waals surface area contributed by atoms with E-state index in [1.807, 2.05) is 0 Å². The average molecular weight is 320 g/mol. The van der Waals surface area contributed by atoms with Gasteiger partial charge < -0.3 is 5.32 Å². The van der Waals surface area contributed by atoms with Crippen molar-refractivity contribution in [3.05, 3.63) is 63.4 Å². The minimum atomic E-state index is -1.50. The molecule has 0 fully saturated rings. The lowest BCUT2D eigenvalue weighted by atomic mass is 10.1. The Labute approximate surface area is 124 Å². The average Bonchev–Trinajstić information content (AvgIpc) is 2.42. The molecule has 0 saturated carbocycles. The van der Waals surface area contributed by atoms with Crippen LogP contribution in [0.5, 0.6) is 0 Å². The summed E-state index contributed by atoms with van der Waals surface area (Å²) in [5, 5.41) is 3.53. The Bertz CT molecular complexity index is 647. The molecule has 2 aromatic carbocycles. The fourth-order valence-corrected chi connectivity index (χ4v) is 2.04. The van der Waals surface area contributed by atoms with Gasteiger partial charge in [-0.15, -0.1) is 0 Å². The van der Waals surface area contributed by atoms with Crippen molar-refractivity contribution in [2.75, 3.05) is 5.32 Å². The van der Waals surface area contributed by atoms with E-state index in [9.17, 15) is 13.2 Å². The van der Waals surface area contributed by atoms with E-state index in [4.69, 9.17) is 23.2 Å². The van der Waals surface area contributed by atoms with Crippen LogP contribution in [-0.4, -0.2) is 0 Å². The maximum absolute atomic E-state index is 13.6. The number of rotatable bonds is 3. The topological polar surface area (TPSA) is 12.0 Å². The van der Waals surface area contributed by atoms with Crippen LogP contribution in [0, 0.1) is 17.5 Å². The molecule has 0 aliphatic rings. The van der Waals surface area contributed by atoms with Crippen LogP contribution in [0.25, 0.3) is 0 Å². The molecule has 0 saturated heterocycles. The molecule has 6 heteroatoms. The van der Waals surface area contributed by atoms with E-state index in [1.54, 1.807) is 25.1 Å². The number of hydrogen-bond acceptors (Lipinski definition) is 1. The zero-order valence-electron chi connectivity index (χ0n) is 10.4. The molecule has 0 aliphatic carbocycles. The molecule has 0 heterocycles. The number of anilines is 1. The van der Waals surface area contributed by atoms with Gasteiger partial charge in [-0.2, -0.15) is 0 Å². The lowest BCUT2D eigenvalue weighted by molar-refractivity contribution is 0.448. The van der Waals surface area contributed by atoms with Gasteiger partial charge >= 0.3 is 0 Å². The van der Waals surface area contributed by atoms with Gasteiger partial charge in [0.1, 0.15) is 0 Å². The molecule has 2 aromatic rings. The Morgan fingerprint density at radius 3 is 2.30 bits per heavy atom. The van der Waals surface area contributed by atoms with Gasteiger partial charge in [0.2, 0.25) is 0 Å².